The van der Waals surface area contributed by atoms with E-state index in [2.05, 4.69) is 10.0 Å². The van der Waals surface area contributed by atoms with E-state index in [4.69, 9.17) is 9.47 Å². The van der Waals surface area contributed by atoms with E-state index in [-0.39, 0.29) is 36.9 Å². The van der Waals surface area contributed by atoms with Crippen molar-refractivity contribution in [2.24, 2.45) is 11.3 Å². The second kappa shape index (κ2) is 15.6. The molecule has 0 bridgehead atoms. The van der Waals surface area contributed by atoms with Crippen molar-refractivity contribution >= 4 is 31.8 Å². The van der Waals surface area contributed by atoms with Crippen LogP contribution in [0.25, 0.3) is 0 Å². The van der Waals surface area contributed by atoms with Crippen LogP contribution in [0.4, 0.5) is 10.5 Å². The van der Waals surface area contributed by atoms with Gasteiger partial charge in [-0.1, -0.05) is 50.2 Å². The molecule has 2 aromatic carbocycles. The normalized spacial score (nSPS) is 21.4. The predicted octanol–water partition coefficient (Wildman–Crippen LogP) is 1.45. The van der Waals surface area contributed by atoms with Gasteiger partial charge in [0.1, 0.15) is 6.09 Å². The summed E-state index contributed by atoms with van der Waals surface area (Å²) in [5.74, 6) is -0.248. The van der Waals surface area contributed by atoms with Crippen molar-refractivity contribution in [2.45, 2.75) is 68.9 Å². The van der Waals surface area contributed by atoms with Crippen LogP contribution in [0.3, 0.4) is 0 Å². The first kappa shape index (κ1) is 37.0. The Kier molecular flexibility index (Phi) is 12.3. The van der Waals surface area contributed by atoms with E-state index in [0.29, 0.717) is 31.6 Å². The zero-order valence-corrected chi connectivity index (χ0v) is 29.0. The van der Waals surface area contributed by atoms with Crippen LogP contribution in [0.5, 0.6) is 0 Å². The third kappa shape index (κ3) is 9.87. The van der Waals surface area contributed by atoms with Gasteiger partial charge in [0.25, 0.3) is 0 Å². The van der Waals surface area contributed by atoms with Gasteiger partial charge < -0.3 is 34.7 Å². The van der Waals surface area contributed by atoms with Gasteiger partial charge in [-0.15, -0.1) is 0 Å². The second-order valence-electron chi connectivity index (χ2n) is 13.1. The number of anilines is 1. The first-order chi connectivity index (χ1) is 22.1. The van der Waals surface area contributed by atoms with Gasteiger partial charge in [0.05, 0.1) is 42.6 Å². The van der Waals surface area contributed by atoms with Gasteiger partial charge in [-0.2, -0.15) is 4.31 Å². The van der Waals surface area contributed by atoms with Crippen molar-refractivity contribution in [1.29, 1.82) is 0 Å². The summed E-state index contributed by atoms with van der Waals surface area (Å²) >= 11 is 0. The molecule has 13 nitrogen and oxygen atoms in total. The van der Waals surface area contributed by atoms with Gasteiger partial charge in [0.2, 0.25) is 20.0 Å². The first-order valence-electron chi connectivity index (χ1n) is 15.8. The van der Waals surface area contributed by atoms with Crippen molar-refractivity contribution < 1.29 is 41.3 Å². The Morgan fingerprint density at radius 3 is 2.49 bits per heavy atom. The number of rotatable bonds is 17. The number of carbonyl (C=O) groups excluding carboxylic acids is 1. The highest BCUT2D eigenvalue weighted by molar-refractivity contribution is 7.89. The molecule has 2 aliphatic heterocycles. The van der Waals surface area contributed by atoms with Crippen LogP contribution in [-0.4, -0.2) is 108 Å². The van der Waals surface area contributed by atoms with Crippen LogP contribution in [0.2, 0.25) is 0 Å². The Hall–Kier alpha value is -2.79. The van der Waals surface area contributed by atoms with Crippen LogP contribution in [0.15, 0.2) is 59.5 Å². The lowest BCUT2D eigenvalue weighted by Crippen LogP contribution is -2.61. The molecule has 2 heterocycles. The lowest BCUT2D eigenvalue weighted by molar-refractivity contribution is -0.273. The largest absolute Gasteiger partial charge is 0.530 e. The highest BCUT2D eigenvalue weighted by atomic mass is 32.2. The molecule has 0 spiro atoms. The average molecular weight is 696 g/mol. The predicted molar refractivity (Wildman–Crippen MR) is 175 cm³/mol. The lowest BCUT2D eigenvalue weighted by atomic mass is 9.87. The monoisotopic (exact) mass is 695 g/mol. The molecular formula is C32H47N4O9S2-. The fraction of sp³-hybridized carbons (Fsp3) is 0.594. The summed E-state index contributed by atoms with van der Waals surface area (Å²) in [5.41, 5.74) is 0.691. The molecule has 262 valence electrons. The van der Waals surface area contributed by atoms with E-state index in [9.17, 15) is 31.8 Å². The van der Waals surface area contributed by atoms with Gasteiger partial charge in [0, 0.05) is 38.3 Å². The van der Waals surface area contributed by atoms with Crippen LogP contribution >= 0.6 is 0 Å². The van der Waals surface area contributed by atoms with Gasteiger partial charge in [-0.3, -0.25) is 0 Å². The average Bonchev–Trinajstić information content (AvgIpc) is 3.64. The molecule has 47 heavy (non-hydrogen) atoms. The zero-order valence-electron chi connectivity index (χ0n) is 27.4. The number of amides is 1. The van der Waals surface area contributed by atoms with Crippen LogP contribution in [-0.2, 0) is 35.9 Å². The number of nitrogens with one attached hydrogen (secondary N) is 2. The van der Waals surface area contributed by atoms with Crippen molar-refractivity contribution in [3.63, 3.8) is 0 Å². The fourth-order valence-electron chi connectivity index (χ4n) is 6.44. The number of fused-ring (bicyclic) bond motifs is 1. The summed E-state index contributed by atoms with van der Waals surface area (Å²) in [7, 11) is -5.91. The Morgan fingerprint density at radius 2 is 1.83 bits per heavy atom. The van der Waals surface area contributed by atoms with Gasteiger partial charge >= 0.3 is 0 Å². The first-order valence-corrected chi connectivity index (χ1v) is 19.1. The van der Waals surface area contributed by atoms with E-state index in [1.165, 1.54) is 16.4 Å². The second-order valence-corrected chi connectivity index (χ2v) is 16.9. The topological polar surface area (TPSA) is 178 Å². The number of carboxylic acid groups (broad SMARTS) is 1. The number of benzene rings is 2. The Bertz CT molecular complexity index is 1560. The summed E-state index contributed by atoms with van der Waals surface area (Å²) in [5, 5.41) is 27.8. The standard InChI is InChI=1S/C32H48N4O9S2/c1-32(2,15-9-16-34-46(4,40)41)22-35(47(42,43)25-13-8-12-24(19-25)33-3)20-29(37)27(18-23-10-6-5-7-11-23)36(31(38)39)28-21-45-30-26(28)14-17-44-30/h5-8,10-13,19,26-30,33-34,37H,9,14-18,20-22H2,1-4H3,(H,38,39)/p-1/t26-,27-,28-,29+,30+/m0/s1. The number of ether oxygens (including phenoxy) is 2. The van der Waals surface area contributed by atoms with E-state index in [1.54, 1.807) is 19.2 Å². The minimum absolute atomic E-state index is 0.0117. The lowest BCUT2D eigenvalue weighted by Gasteiger charge is -2.43. The van der Waals surface area contributed by atoms with Crippen LogP contribution in [0, 0.1) is 11.3 Å². The smallest absolute Gasteiger partial charge is 0.243 e. The number of aliphatic hydroxyl groups is 1. The van der Waals surface area contributed by atoms with Gasteiger partial charge in [-0.25, -0.2) is 21.6 Å². The molecule has 0 radical (unpaired) electrons. The van der Waals surface area contributed by atoms with Crippen LogP contribution < -0.4 is 15.1 Å². The van der Waals surface area contributed by atoms with Crippen molar-refractivity contribution in [2.75, 3.05) is 51.5 Å². The Morgan fingerprint density at radius 1 is 1.11 bits per heavy atom. The highest BCUT2D eigenvalue weighted by Crippen LogP contribution is 2.36. The van der Waals surface area contributed by atoms with E-state index < -0.39 is 62.6 Å². The molecule has 0 aliphatic carbocycles. The molecule has 2 aromatic rings. The van der Waals surface area contributed by atoms with Crippen molar-refractivity contribution in [3.05, 3.63) is 60.2 Å². The third-order valence-electron chi connectivity index (χ3n) is 8.82. The molecule has 5 atom stereocenters. The molecular weight excluding hydrogens is 649 g/mol. The number of hydrogen-bond donors (Lipinski definition) is 3. The minimum Gasteiger partial charge on any atom is -0.530 e. The number of hydrogen-bond acceptors (Lipinski definition) is 10. The summed E-state index contributed by atoms with van der Waals surface area (Å²) in [6.07, 6.45) is -0.813. The molecule has 2 saturated heterocycles. The summed E-state index contributed by atoms with van der Waals surface area (Å²) in [6.45, 7) is 3.99. The van der Waals surface area contributed by atoms with Crippen LogP contribution in [0.1, 0.15) is 38.7 Å². The highest BCUT2D eigenvalue weighted by Gasteiger charge is 2.47. The SMILES string of the molecule is CNc1cccc(S(=O)(=O)N(C[C@@H](O)[C@H](Cc2ccccc2)N(C(=O)[O-])[C@H]2CO[C@H]3OCC[C@H]32)CC(C)(C)CCCNS(C)(=O)=O)c1. The molecule has 4 rings (SSSR count). The van der Waals surface area contributed by atoms with Gasteiger partial charge in [-0.05, 0) is 54.9 Å². The number of aliphatic hydroxyl groups excluding tert-OH is 1. The molecule has 0 unspecified atom stereocenters. The fourth-order valence-corrected chi connectivity index (χ4v) is 8.65. The molecule has 0 saturated carbocycles. The summed E-state index contributed by atoms with van der Waals surface area (Å²) in [4.78, 5) is 14.0. The van der Waals surface area contributed by atoms with Gasteiger partial charge in [0.15, 0.2) is 6.29 Å². The molecule has 2 aliphatic rings. The minimum atomic E-state index is -4.21. The summed E-state index contributed by atoms with van der Waals surface area (Å²) < 4.78 is 66.7. The van der Waals surface area contributed by atoms with Crippen molar-refractivity contribution in [1.82, 2.24) is 13.9 Å². The maximum absolute atomic E-state index is 14.3. The third-order valence-corrected chi connectivity index (χ3v) is 11.4. The maximum Gasteiger partial charge on any atom is 0.243 e. The van der Waals surface area contributed by atoms with E-state index in [0.717, 1.165) is 16.7 Å². The van der Waals surface area contributed by atoms with Crippen molar-refractivity contribution in [3.8, 4) is 0 Å². The van der Waals surface area contributed by atoms with E-state index >= 15 is 0 Å². The summed E-state index contributed by atoms with van der Waals surface area (Å²) in [6, 6.07) is 13.7. The molecule has 2 fully saturated rings. The quantitative estimate of drug-likeness (QED) is 0.205. The number of carbonyl (C=O) groups is 1. The molecule has 15 heteroatoms. The molecule has 0 aromatic heterocycles. The number of sulfonamides is 2. The molecule has 1 amide bonds. The van der Waals surface area contributed by atoms with E-state index in [1.807, 2.05) is 44.2 Å². The Balaban J connectivity index is 1.68. The zero-order chi connectivity index (χ0) is 34.4. The Labute approximate surface area is 278 Å². The molecule has 3 N–H and O–H groups in total. The maximum atomic E-state index is 14.3. The number of nitrogens with zero attached hydrogens (tertiary/aromatic N) is 2.